The zero-order valence-electron chi connectivity index (χ0n) is 12.2. The fourth-order valence-corrected chi connectivity index (χ4v) is 4.01. The van der Waals surface area contributed by atoms with Gasteiger partial charge in [-0.2, -0.15) is 0 Å². The number of fused-ring (bicyclic) bond motifs is 2. The molecule has 1 fully saturated rings. The lowest BCUT2D eigenvalue weighted by atomic mass is 9.66. The van der Waals surface area contributed by atoms with Crippen LogP contribution in [0.25, 0.3) is 11.3 Å². The van der Waals surface area contributed by atoms with Crippen molar-refractivity contribution in [2.45, 2.75) is 37.5 Å². The third kappa shape index (κ3) is 1.79. The second-order valence-corrected chi connectivity index (χ2v) is 6.19. The number of aromatic nitrogens is 2. The maximum absolute atomic E-state index is 10.3. The van der Waals surface area contributed by atoms with E-state index in [2.05, 4.69) is 16.1 Å². The summed E-state index contributed by atoms with van der Waals surface area (Å²) in [5.74, 6) is 4.19. The number of nitrogens with two attached hydrogens (primary N) is 1. The Morgan fingerprint density at radius 2 is 1.77 bits per heavy atom. The van der Waals surface area contributed by atoms with Crippen LogP contribution in [-0.2, 0) is 0 Å². The van der Waals surface area contributed by atoms with Gasteiger partial charge in [-0.05, 0) is 61.3 Å². The van der Waals surface area contributed by atoms with Crippen molar-refractivity contribution >= 4 is 5.82 Å². The smallest absolute Gasteiger partial charge is 0.149 e. The summed E-state index contributed by atoms with van der Waals surface area (Å²) < 4.78 is 0. The summed E-state index contributed by atoms with van der Waals surface area (Å²) in [5, 5.41) is 18.8. The maximum atomic E-state index is 10.3. The first-order valence-electron chi connectivity index (χ1n) is 7.65. The number of hydrogen-bond donors (Lipinski definition) is 2. The summed E-state index contributed by atoms with van der Waals surface area (Å²) in [4.78, 5) is 0. The summed E-state index contributed by atoms with van der Waals surface area (Å²) in [5.41, 5.74) is 10.6. The average Bonchev–Trinajstić information content (AvgIpc) is 2.56. The molecule has 3 aliphatic carbocycles. The van der Waals surface area contributed by atoms with E-state index in [-0.39, 0.29) is 5.75 Å². The monoisotopic (exact) mass is 291 g/mol. The molecule has 22 heavy (non-hydrogen) atoms. The first kappa shape index (κ1) is 13.1. The van der Waals surface area contributed by atoms with Gasteiger partial charge in [0.25, 0.3) is 0 Å². The third-order valence-electron chi connectivity index (χ3n) is 5.04. The van der Waals surface area contributed by atoms with E-state index in [0.29, 0.717) is 28.8 Å². The van der Waals surface area contributed by atoms with Gasteiger partial charge in [0.15, 0.2) is 0 Å². The van der Waals surface area contributed by atoms with Crippen molar-refractivity contribution in [2.75, 3.05) is 5.73 Å². The lowest BCUT2D eigenvalue weighted by molar-refractivity contribution is 0.358. The topological polar surface area (TPSA) is 72.0 Å². The van der Waals surface area contributed by atoms with Crippen LogP contribution >= 0.6 is 0 Å². The summed E-state index contributed by atoms with van der Waals surface area (Å²) in [6, 6.07) is 5.24. The van der Waals surface area contributed by atoms with Crippen LogP contribution in [0, 0.1) is 12.3 Å². The highest BCUT2D eigenvalue weighted by Crippen LogP contribution is 2.53. The van der Waals surface area contributed by atoms with Crippen LogP contribution in [0.1, 0.15) is 54.2 Å². The van der Waals surface area contributed by atoms with Crippen molar-refractivity contribution < 1.29 is 5.11 Å². The Balaban J connectivity index is 1.95. The Bertz CT molecular complexity index is 799. The summed E-state index contributed by atoms with van der Waals surface area (Å²) in [6.45, 7) is 0. The van der Waals surface area contributed by atoms with Crippen molar-refractivity contribution in [1.29, 1.82) is 0 Å². The van der Waals surface area contributed by atoms with Gasteiger partial charge in [0.05, 0.1) is 0 Å². The molecule has 110 valence electrons. The van der Waals surface area contributed by atoms with Crippen molar-refractivity contribution in [3.05, 3.63) is 34.9 Å². The number of phenolic OH excluding ortho intramolecular Hbond substituents is 1. The molecule has 4 heteroatoms. The summed E-state index contributed by atoms with van der Waals surface area (Å²) in [7, 11) is 0. The van der Waals surface area contributed by atoms with Crippen molar-refractivity contribution in [2.24, 2.45) is 0 Å². The van der Waals surface area contributed by atoms with Crippen LogP contribution in [0.3, 0.4) is 0 Å². The molecule has 0 amide bonds. The van der Waals surface area contributed by atoms with Crippen LogP contribution in [0.15, 0.2) is 18.2 Å². The van der Waals surface area contributed by atoms with Crippen LogP contribution < -0.4 is 5.73 Å². The largest absolute Gasteiger partial charge is 0.507 e. The highest BCUT2D eigenvalue weighted by Gasteiger charge is 2.37. The number of nitrogen functional groups attached to an aromatic ring is 1. The Hall–Kier alpha value is -2.54. The molecule has 3 N–H and O–H groups in total. The zero-order valence-corrected chi connectivity index (χ0v) is 12.2. The molecule has 0 saturated heterocycles. The molecule has 1 aromatic heterocycles. The molecule has 1 saturated carbocycles. The van der Waals surface area contributed by atoms with E-state index >= 15 is 0 Å². The van der Waals surface area contributed by atoms with E-state index in [1.54, 1.807) is 6.07 Å². The van der Waals surface area contributed by atoms with Crippen molar-refractivity contribution in [3.8, 4) is 29.4 Å². The van der Waals surface area contributed by atoms with Gasteiger partial charge in [0, 0.05) is 16.7 Å². The van der Waals surface area contributed by atoms with E-state index in [4.69, 9.17) is 12.2 Å². The van der Waals surface area contributed by atoms with Crippen molar-refractivity contribution in [3.63, 3.8) is 0 Å². The fourth-order valence-electron chi connectivity index (χ4n) is 4.01. The minimum absolute atomic E-state index is 0.151. The summed E-state index contributed by atoms with van der Waals surface area (Å²) in [6.07, 6.45) is 10.1. The van der Waals surface area contributed by atoms with E-state index in [9.17, 15) is 5.11 Å². The maximum Gasteiger partial charge on any atom is 0.149 e. The highest BCUT2D eigenvalue weighted by atomic mass is 16.3. The Kier molecular flexibility index (Phi) is 2.83. The number of phenols is 1. The second-order valence-electron chi connectivity index (χ2n) is 6.19. The molecular weight excluding hydrogens is 274 g/mol. The van der Waals surface area contributed by atoms with Gasteiger partial charge in [0.1, 0.15) is 17.3 Å². The average molecular weight is 291 g/mol. The lowest BCUT2D eigenvalue weighted by Gasteiger charge is -2.39. The molecule has 0 unspecified atom stereocenters. The quantitative estimate of drug-likeness (QED) is 0.792. The number of aromatic hydroxyl groups is 1. The van der Waals surface area contributed by atoms with Crippen LogP contribution in [0.4, 0.5) is 5.82 Å². The van der Waals surface area contributed by atoms with E-state index in [0.717, 1.165) is 11.3 Å². The van der Waals surface area contributed by atoms with Crippen LogP contribution in [0.2, 0.25) is 0 Å². The predicted octanol–water partition coefficient (Wildman–Crippen LogP) is 3.17. The molecule has 2 bridgehead atoms. The molecule has 3 aliphatic rings. The minimum atomic E-state index is 0.151. The van der Waals surface area contributed by atoms with E-state index in [1.807, 2.05) is 12.1 Å². The molecule has 0 aliphatic heterocycles. The molecule has 5 rings (SSSR count). The van der Waals surface area contributed by atoms with Crippen molar-refractivity contribution in [1.82, 2.24) is 10.2 Å². The number of rotatable bonds is 1. The fraction of sp³-hybridized carbons (Fsp3) is 0.333. The predicted molar refractivity (Wildman–Crippen MR) is 85.4 cm³/mol. The summed E-state index contributed by atoms with van der Waals surface area (Å²) >= 11 is 0. The molecule has 2 aromatic rings. The first-order valence-corrected chi connectivity index (χ1v) is 7.65. The molecular formula is C18H17N3O. The van der Waals surface area contributed by atoms with E-state index in [1.165, 1.54) is 31.2 Å². The third-order valence-corrected chi connectivity index (χ3v) is 5.04. The van der Waals surface area contributed by atoms with Gasteiger partial charge in [0.2, 0.25) is 0 Å². The number of anilines is 1. The lowest BCUT2D eigenvalue weighted by Crippen LogP contribution is -2.25. The van der Waals surface area contributed by atoms with Crippen LogP contribution in [0.5, 0.6) is 5.75 Å². The SMILES string of the molecule is C#Cc1ccc(-c2nnc(N)c3c2C2CCC3CC2)c(O)c1. The van der Waals surface area contributed by atoms with Gasteiger partial charge in [-0.1, -0.05) is 5.92 Å². The Morgan fingerprint density at radius 1 is 1.09 bits per heavy atom. The molecule has 0 atom stereocenters. The second kappa shape index (κ2) is 4.74. The molecule has 0 spiro atoms. The Labute approximate surface area is 129 Å². The van der Waals surface area contributed by atoms with Gasteiger partial charge in [-0.15, -0.1) is 16.6 Å². The molecule has 0 radical (unpaired) electrons. The van der Waals surface area contributed by atoms with Gasteiger partial charge in [-0.3, -0.25) is 0 Å². The standard InChI is InChI=1S/C18H17N3O/c1-2-10-3-8-13(14(22)9-10)17-15-11-4-6-12(7-5-11)16(15)18(19)21-20-17/h1,3,8-9,11-12,22H,4-7H2,(H2,19,21). The zero-order chi connectivity index (χ0) is 15.3. The molecule has 1 heterocycles. The number of terminal acetylenes is 1. The number of nitrogens with zero attached hydrogens (tertiary/aromatic N) is 2. The van der Waals surface area contributed by atoms with E-state index < -0.39 is 0 Å². The van der Waals surface area contributed by atoms with Gasteiger partial charge in [-0.25, -0.2) is 0 Å². The normalized spacial score (nSPS) is 22.1. The van der Waals surface area contributed by atoms with Gasteiger partial charge >= 0.3 is 0 Å². The Morgan fingerprint density at radius 3 is 2.41 bits per heavy atom. The number of hydrogen-bond acceptors (Lipinski definition) is 4. The first-order chi connectivity index (χ1) is 10.7. The molecule has 1 aromatic carbocycles. The highest BCUT2D eigenvalue weighted by molar-refractivity contribution is 5.74. The minimum Gasteiger partial charge on any atom is -0.507 e. The number of benzene rings is 1. The van der Waals surface area contributed by atoms with Gasteiger partial charge < -0.3 is 10.8 Å². The molecule has 4 nitrogen and oxygen atoms in total. The van der Waals surface area contributed by atoms with Crippen LogP contribution in [-0.4, -0.2) is 15.3 Å².